The molecule has 1 aromatic rings. The van der Waals surface area contributed by atoms with Crippen LogP contribution in [0.1, 0.15) is 24.2 Å². The number of H-pyrrole nitrogens is 1. The van der Waals surface area contributed by atoms with Crippen LogP contribution in [0.5, 0.6) is 0 Å². The molecule has 0 radical (unpaired) electrons. The van der Waals surface area contributed by atoms with Gasteiger partial charge in [0.25, 0.3) is 5.91 Å². The first-order valence-corrected chi connectivity index (χ1v) is 5.68. The van der Waals surface area contributed by atoms with Gasteiger partial charge in [-0.3, -0.25) is 9.59 Å². The van der Waals surface area contributed by atoms with E-state index < -0.39 is 0 Å². The molecule has 1 rings (SSSR count). The summed E-state index contributed by atoms with van der Waals surface area (Å²) in [6.07, 6.45) is 1.47. The Hall–Kier alpha value is -1.62. The highest BCUT2D eigenvalue weighted by Gasteiger charge is 2.06. The molecule has 0 spiro atoms. The number of nitrogens with zero attached hydrogens (tertiary/aromatic N) is 1. The molecule has 0 saturated carbocycles. The Labute approximate surface area is 101 Å². The summed E-state index contributed by atoms with van der Waals surface area (Å²) in [6.45, 7) is 5.55. The first-order chi connectivity index (χ1) is 8.00. The molecule has 0 saturated heterocycles. The van der Waals surface area contributed by atoms with E-state index in [1.54, 1.807) is 6.07 Å². The van der Waals surface area contributed by atoms with Gasteiger partial charge in [-0.25, -0.2) is 0 Å². The van der Waals surface area contributed by atoms with E-state index in [-0.39, 0.29) is 11.5 Å². The lowest BCUT2D eigenvalue weighted by atomic mass is 10.2. The maximum atomic E-state index is 11.7. The van der Waals surface area contributed by atoms with E-state index in [0.29, 0.717) is 18.2 Å². The summed E-state index contributed by atoms with van der Waals surface area (Å²) in [5.74, 6) is -0.215. The molecule has 2 N–H and O–H groups in total. The van der Waals surface area contributed by atoms with Crippen molar-refractivity contribution in [3.8, 4) is 0 Å². The lowest BCUT2D eigenvalue weighted by Gasteiger charge is -2.20. The molecule has 1 aromatic heterocycles. The van der Waals surface area contributed by atoms with Crippen LogP contribution in [0, 0.1) is 0 Å². The minimum Gasteiger partial charge on any atom is -0.351 e. The lowest BCUT2D eigenvalue weighted by Crippen LogP contribution is -2.36. The van der Waals surface area contributed by atoms with Crippen LogP contribution in [-0.2, 0) is 0 Å². The van der Waals surface area contributed by atoms with Gasteiger partial charge >= 0.3 is 0 Å². The molecular formula is C12H19N3O2. The molecule has 0 fully saturated rings. The SMILES string of the molecule is CC(C)N(C)CCNC(=O)c1cc[nH]c(=O)c1. The van der Waals surface area contributed by atoms with Crippen LogP contribution < -0.4 is 10.9 Å². The summed E-state index contributed by atoms with van der Waals surface area (Å²) in [5, 5.41) is 2.78. The molecule has 94 valence electrons. The van der Waals surface area contributed by atoms with Gasteiger partial charge in [0.05, 0.1) is 0 Å². The van der Waals surface area contributed by atoms with Crippen molar-refractivity contribution in [2.45, 2.75) is 19.9 Å². The first-order valence-electron chi connectivity index (χ1n) is 5.68. The van der Waals surface area contributed by atoms with Crippen LogP contribution in [0.3, 0.4) is 0 Å². The van der Waals surface area contributed by atoms with Crippen LogP contribution in [0.2, 0.25) is 0 Å². The van der Waals surface area contributed by atoms with Gasteiger partial charge in [0, 0.05) is 37.0 Å². The van der Waals surface area contributed by atoms with E-state index in [1.165, 1.54) is 12.3 Å². The summed E-state index contributed by atoms with van der Waals surface area (Å²) in [7, 11) is 2.00. The molecular weight excluding hydrogens is 218 g/mol. The van der Waals surface area contributed by atoms with Gasteiger partial charge in [0.2, 0.25) is 5.56 Å². The van der Waals surface area contributed by atoms with Gasteiger partial charge in [-0.15, -0.1) is 0 Å². The topological polar surface area (TPSA) is 65.2 Å². The molecule has 1 heterocycles. The highest BCUT2D eigenvalue weighted by atomic mass is 16.2. The third-order valence-electron chi connectivity index (χ3n) is 2.67. The predicted molar refractivity (Wildman–Crippen MR) is 67.2 cm³/mol. The molecule has 0 bridgehead atoms. The summed E-state index contributed by atoms with van der Waals surface area (Å²) in [5.41, 5.74) is 0.123. The maximum absolute atomic E-state index is 11.7. The average Bonchev–Trinajstić information content (AvgIpc) is 2.28. The Bertz CT molecular complexity index is 426. The van der Waals surface area contributed by atoms with E-state index >= 15 is 0 Å². The molecule has 0 aliphatic rings. The fourth-order valence-electron chi connectivity index (χ4n) is 1.29. The third kappa shape index (κ3) is 4.40. The van der Waals surface area contributed by atoms with Gasteiger partial charge in [0.1, 0.15) is 0 Å². The van der Waals surface area contributed by atoms with Crippen LogP contribution >= 0.6 is 0 Å². The van der Waals surface area contributed by atoms with Gasteiger partial charge < -0.3 is 15.2 Å². The van der Waals surface area contributed by atoms with Crippen LogP contribution in [0.15, 0.2) is 23.1 Å². The predicted octanol–water partition coefficient (Wildman–Crippen LogP) is 0.445. The third-order valence-corrected chi connectivity index (χ3v) is 2.67. The van der Waals surface area contributed by atoms with E-state index in [9.17, 15) is 9.59 Å². The molecule has 0 aliphatic heterocycles. The zero-order valence-electron chi connectivity index (χ0n) is 10.5. The van der Waals surface area contributed by atoms with E-state index in [0.717, 1.165) is 6.54 Å². The number of pyridine rings is 1. The summed E-state index contributed by atoms with van der Waals surface area (Å²) in [4.78, 5) is 27.3. The number of amides is 1. The monoisotopic (exact) mass is 237 g/mol. The summed E-state index contributed by atoms with van der Waals surface area (Å²) < 4.78 is 0. The zero-order valence-corrected chi connectivity index (χ0v) is 10.5. The number of nitrogens with one attached hydrogen (secondary N) is 2. The number of carbonyl (C=O) groups excluding carboxylic acids is 1. The Balaban J connectivity index is 2.43. The first kappa shape index (κ1) is 13.4. The second kappa shape index (κ2) is 6.20. The largest absolute Gasteiger partial charge is 0.351 e. The molecule has 0 aliphatic carbocycles. The fourth-order valence-corrected chi connectivity index (χ4v) is 1.29. The smallest absolute Gasteiger partial charge is 0.251 e. The Kier molecular flexibility index (Phi) is 4.90. The van der Waals surface area contributed by atoms with Gasteiger partial charge in [-0.1, -0.05) is 0 Å². The highest BCUT2D eigenvalue weighted by molar-refractivity contribution is 5.93. The van der Waals surface area contributed by atoms with Crippen LogP contribution in [0.25, 0.3) is 0 Å². The summed E-state index contributed by atoms with van der Waals surface area (Å²) in [6, 6.07) is 3.33. The molecule has 0 atom stereocenters. The standard InChI is InChI=1S/C12H19N3O2/c1-9(2)15(3)7-6-14-12(17)10-4-5-13-11(16)8-10/h4-5,8-9H,6-7H2,1-3H3,(H,13,16)(H,14,17). The van der Waals surface area contributed by atoms with Gasteiger partial charge in [0.15, 0.2) is 0 Å². The Morgan fingerprint density at radius 1 is 1.53 bits per heavy atom. The van der Waals surface area contributed by atoms with Gasteiger partial charge in [-0.05, 0) is 27.0 Å². The number of carbonyl (C=O) groups is 1. The molecule has 5 heteroatoms. The number of hydrogen-bond acceptors (Lipinski definition) is 3. The highest BCUT2D eigenvalue weighted by Crippen LogP contribution is 1.94. The summed E-state index contributed by atoms with van der Waals surface area (Å²) >= 11 is 0. The zero-order chi connectivity index (χ0) is 12.8. The van der Waals surface area contributed by atoms with E-state index in [1.807, 2.05) is 7.05 Å². The van der Waals surface area contributed by atoms with Crippen molar-refractivity contribution < 1.29 is 4.79 Å². The van der Waals surface area contributed by atoms with Crippen LogP contribution in [-0.4, -0.2) is 42.0 Å². The van der Waals surface area contributed by atoms with Crippen molar-refractivity contribution >= 4 is 5.91 Å². The Morgan fingerprint density at radius 3 is 2.82 bits per heavy atom. The number of aromatic amines is 1. The number of likely N-dealkylation sites (N-methyl/N-ethyl adjacent to an activating group) is 1. The van der Waals surface area contributed by atoms with Crippen molar-refractivity contribution in [1.29, 1.82) is 0 Å². The van der Waals surface area contributed by atoms with Crippen molar-refractivity contribution in [1.82, 2.24) is 15.2 Å². The van der Waals surface area contributed by atoms with Crippen molar-refractivity contribution in [2.24, 2.45) is 0 Å². The number of rotatable bonds is 5. The van der Waals surface area contributed by atoms with Gasteiger partial charge in [-0.2, -0.15) is 0 Å². The van der Waals surface area contributed by atoms with Crippen molar-refractivity contribution in [3.63, 3.8) is 0 Å². The molecule has 0 unspecified atom stereocenters. The molecule has 17 heavy (non-hydrogen) atoms. The van der Waals surface area contributed by atoms with Crippen LogP contribution in [0.4, 0.5) is 0 Å². The molecule has 1 amide bonds. The molecule has 0 aromatic carbocycles. The second-order valence-electron chi connectivity index (χ2n) is 4.27. The van der Waals surface area contributed by atoms with Crippen molar-refractivity contribution in [3.05, 3.63) is 34.2 Å². The lowest BCUT2D eigenvalue weighted by molar-refractivity contribution is 0.0948. The minimum atomic E-state index is -0.267. The maximum Gasteiger partial charge on any atom is 0.251 e. The number of aromatic nitrogens is 1. The second-order valence-corrected chi connectivity index (χ2v) is 4.27. The van der Waals surface area contributed by atoms with E-state index in [2.05, 4.69) is 29.0 Å². The van der Waals surface area contributed by atoms with E-state index in [4.69, 9.17) is 0 Å². The minimum absolute atomic E-state index is 0.215. The molecule has 5 nitrogen and oxygen atoms in total. The average molecular weight is 237 g/mol. The number of hydrogen-bond donors (Lipinski definition) is 2. The quantitative estimate of drug-likeness (QED) is 0.781. The van der Waals surface area contributed by atoms with Crippen molar-refractivity contribution in [2.75, 3.05) is 20.1 Å². The fraction of sp³-hybridized carbons (Fsp3) is 0.500. The normalized spacial score (nSPS) is 10.9. The Morgan fingerprint density at radius 2 is 2.24 bits per heavy atom.